The Bertz CT molecular complexity index is 401. The number of nitrogens with zero attached hydrogens (tertiary/aromatic N) is 2. The number of anilines is 2. The van der Waals surface area contributed by atoms with Crippen LogP contribution in [-0.2, 0) is 5.41 Å². The van der Waals surface area contributed by atoms with Crippen molar-refractivity contribution in [1.82, 2.24) is 9.97 Å². The second-order valence-electron chi connectivity index (χ2n) is 6.77. The number of hydrogen-bond donors (Lipinski definition) is 3. The second-order valence-corrected chi connectivity index (χ2v) is 6.77. The lowest BCUT2D eigenvalue weighted by atomic mass is 9.95. The molecule has 0 unspecified atom stereocenters. The molecule has 0 saturated heterocycles. The Hall–Kier alpha value is -1.36. The van der Waals surface area contributed by atoms with E-state index < -0.39 is 0 Å². The Balaban J connectivity index is 2.98. The fourth-order valence-corrected chi connectivity index (χ4v) is 1.30. The highest BCUT2D eigenvalue weighted by Crippen LogP contribution is 2.22. The quantitative estimate of drug-likeness (QED) is 0.568. The van der Waals surface area contributed by atoms with Crippen molar-refractivity contribution in [3.63, 3.8) is 0 Å². The third kappa shape index (κ3) is 4.49. The molecule has 18 heavy (non-hydrogen) atoms. The van der Waals surface area contributed by atoms with Crippen molar-refractivity contribution < 1.29 is 0 Å². The second kappa shape index (κ2) is 5.10. The topological polar surface area (TPSA) is 75.9 Å². The third-order valence-electron chi connectivity index (χ3n) is 2.34. The van der Waals surface area contributed by atoms with Gasteiger partial charge in [-0.05, 0) is 5.41 Å². The SMILES string of the molecule is CC(C)(C)CNc1cc(NN)nc(C(C)(C)C)n1. The van der Waals surface area contributed by atoms with Crippen LogP contribution in [0.25, 0.3) is 0 Å². The molecule has 0 aromatic carbocycles. The molecule has 0 aliphatic heterocycles. The monoisotopic (exact) mass is 251 g/mol. The Labute approximate surface area is 110 Å². The van der Waals surface area contributed by atoms with Crippen LogP contribution in [0.4, 0.5) is 11.6 Å². The van der Waals surface area contributed by atoms with E-state index in [1.165, 1.54) is 0 Å². The molecule has 4 N–H and O–H groups in total. The first kappa shape index (κ1) is 14.7. The molecule has 0 bridgehead atoms. The zero-order valence-electron chi connectivity index (χ0n) is 12.3. The molecule has 0 radical (unpaired) electrons. The normalized spacial score (nSPS) is 12.4. The first-order chi connectivity index (χ1) is 8.12. The minimum atomic E-state index is -0.106. The van der Waals surface area contributed by atoms with Crippen molar-refractivity contribution in [3.05, 3.63) is 11.9 Å². The van der Waals surface area contributed by atoms with Gasteiger partial charge in [-0.3, -0.25) is 0 Å². The van der Waals surface area contributed by atoms with Gasteiger partial charge in [0.15, 0.2) is 0 Å². The van der Waals surface area contributed by atoms with Crippen LogP contribution < -0.4 is 16.6 Å². The average Bonchev–Trinajstić information content (AvgIpc) is 2.24. The molecular formula is C13H25N5. The Morgan fingerprint density at radius 1 is 1.06 bits per heavy atom. The first-order valence-corrected chi connectivity index (χ1v) is 6.22. The molecular weight excluding hydrogens is 226 g/mol. The molecule has 102 valence electrons. The molecule has 0 fully saturated rings. The lowest BCUT2D eigenvalue weighted by Crippen LogP contribution is -2.23. The predicted octanol–water partition coefficient (Wildman–Crippen LogP) is 2.52. The summed E-state index contributed by atoms with van der Waals surface area (Å²) in [5.41, 5.74) is 2.68. The fourth-order valence-electron chi connectivity index (χ4n) is 1.30. The maximum Gasteiger partial charge on any atom is 0.145 e. The van der Waals surface area contributed by atoms with Crippen LogP contribution in [0, 0.1) is 5.41 Å². The van der Waals surface area contributed by atoms with Gasteiger partial charge in [0.25, 0.3) is 0 Å². The van der Waals surface area contributed by atoms with E-state index in [4.69, 9.17) is 5.84 Å². The van der Waals surface area contributed by atoms with Gasteiger partial charge in [-0.1, -0.05) is 41.5 Å². The number of hydrogen-bond acceptors (Lipinski definition) is 5. The molecule has 1 rings (SSSR count). The van der Waals surface area contributed by atoms with Crippen LogP contribution >= 0.6 is 0 Å². The van der Waals surface area contributed by atoms with Gasteiger partial charge in [-0.25, -0.2) is 15.8 Å². The van der Waals surface area contributed by atoms with E-state index in [1.54, 1.807) is 0 Å². The highest BCUT2D eigenvalue weighted by molar-refractivity contribution is 5.47. The zero-order valence-corrected chi connectivity index (χ0v) is 12.3. The minimum Gasteiger partial charge on any atom is -0.369 e. The summed E-state index contributed by atoms with van der Waals surface area (Å²) in [6.45, 7) is 13.6. The number of nitrogen functional groups attached to an aromatic ring is 1. The van der Waals surface area contributed by atoms with Gasteiger partial charge in [-0.15, -0.1) is 0 Å². The lowest BCUT2D eigenvalue weighted by molar-refractivity contribution is 0.442. The molecule has 1 aromatic rings. The van der Waals surface area contributed by atoms with Gasteiger partial charge >= 0.3 is 0 Å². The summed E-state index contributed by atoms with van der Waals surface area (Å²) in [7, 11) is 0. The molecule has 1 heterocycles. The largest absolute Gasteiger partial charge is 0.369 e. The van der Waals surface area contributed by atoms with Crippen LogP contribution in [0.1, 0.15) is 47.4 Å². The van der Waals surface area contributed by atoms with Crippen LogP contribution in [-0.4, -0.2) is 16.5 Å². The van der Waals surface area contributed by atoms with Gasteiger partial charge < -0.3 is 10.7 Å². The summed E-state index contributed by atoms with van der Waals surface area (Å²) >= 11 is 0. The standard InChI is InChI=1S/C13H25N5/c1-12(2,3)8-15-9-7-10(18-14)17-11(16-9)13(4,5)6/h7H,8,14H2,1-6H3,(H2,15,16,17,18). The Morgan fingerprint density at radius 2 is 1.61 bits per heavy atom. The number of hydrazine groups is 1. The summed E-state index contributed by atoms with van der Waals surface area (Å²) in [5, 5.41) is 3.33. The van der Waals surface area contributed by atoms with Crippen LogP contribution in [0.5, 0.6) is 0 Å². The number of aromatic nitrogens is 2. The van der Waals surface area contributed by atoms with Crippen molar-refractivity contribution in [3.8, 4) is 0 Å². The molecule has 0 spiro atoms. The van der Waals surface area contributed by atoms with Crippen LogP contribution in [0.3, 0.4) is 0 Å². The van der Waals surface area contributed by atoms with Gasteiger partial charge in [0, 0.05) is 18.0 Å². The van der Waals surface area contributed by atoms with Gasteiger partial charge in [-0.2, -0.15) is 0 Å². The molecule has 1 aromatic heterocycles. The summed E-state index contributed by atoms with van der Waals surface area (Å²) < 4.78 is 0. The van der Waals surface area contributed by atoms with E-state index in [-0.39, 0.29) is 10.8 Å². The summed E-state index contributed by atoms with van der Waals surface area (Å²) in [5.74, 6) is 7.65. The molecule has 0 atom stereocenters. The number of nitrogens with two attached hydrogens (primary N) is 1. The summed E-state index contributed by atoms with van der Waals surface area (Å²) in [6.07, 6.45) is 0. The Morgan fingerprint density at radius 3 is 2.06 bits per heavy atom. The highest BCUT2D eigenvalue weighted by atomic mass is 15.3. The summed E-state index contributed by atoms with van der Waals surface area (Å²) in [4.78, 5) is 8.92. The van der Waals surface area contributed by atoms with E-state index in [1.807, 2.05) is 6.07 Å². The van der Waals surface area contributed by atoms with Crippen molar-refractivity contribution >= 4 is 11.6 Å². The number of nitrogens with one attached hydrogen (secondary N) is 2. The van der Waals surface area contributed by atoms with E-state index >= 15 is 0 Å². The van der Waals surface area contributed by atoms with Gasteiger partial charge in [0.05, 0.1) is 0 Å². The molecule has 5 heteroatoms. The van der Waals surface area contributed by atoms with Crippen LogP contribution in [0.2, 0.25) is 0 Å². The highest BCUT2D eigenvalue weighted by Gasteiger charge is 2.19. The van der Waals surface area contributed by atoms with Crippen molar-refractivity contribution in [2.24, 2.45) is 11.3 Å². The third-order valence-corrected chi connectivity index (χ3v) is 2.34. The van der Waals surface area contributed by atoms with Gasteiger partial charge in [0.2, 0.25) is 0 Å². The first-order valence-electron chi connectivity index (χ1n) is 6.22. The molecule has 0 amide bonds. The maximum atomic E-state index is 5.44. The maximum absolute atomic E-state index is 5.44. The zero-order chi connectivity index (χ0) is 14.0. The molecule has 0 aliphatic carbocycles. The summed E-state index contributed by atoms with van der Waals surface area (Å²) in [6, 6.07) is 1.82. The van der Waals surface area contributed by atoms with Crippen molar-refractivity contribution in [1.29, 1.82) is 0 Å². The molecule has 0 saturated carbocycles. The van der Waals surface area contributed by atoms with Crippen molar-refractivity contribution in [2.45, 2.75) is 47.0 Å². The van der Waals surface area contributed by atoms with Gasteiger partial charge in [0.1, 0.15) is 17.5 Å². The fraction of sp³-hybridized carbons (Fsp3) is 0.692. The minimum absolute atomic E-state index is 0.106. The molecule has 5 nitrogen and oxygen atoms in total. The lowest BCUT2D eigenvalue weighted by Gasteiger charge is -2.22. The van der Waals surface area contributed by atoms with E-state index in [0.29, 0.717) is 5.82 Å². The average molecular weight is 251 g/mol. The van der Waals surface area contributed by atoms with Crippen LogP contribution in [0.15, 0.2) is 6.07 Å². The van der Waals surface area contributed by atoms with E-state index in [9.17, 15) is 0 Å². The van der Waals surface area contributed by atoms with Crippen molar-refractivity contribution in [2.75, 3.05) is 17.3 Å². The predicted molar refractivity (Wildman–Crippen MR) is 76.5 cm³/mol. The smallest absolute Gasteiger partial charge is 0.145 e. The van der Waals surface area contributed by atoms with E-state index in [2.05, 4.69) is 62.3 Å². The number of rotatable bonds is 3. The van der Waals surface area contributed by atoms with E-state index in [0.717, 1.165) is 18.2 Å². The Kier molecular flexibility index (Phi) is 4.16. The molecule has 0 aliphatic rings.